The molecule has 3 heteroatoms. The summed E-state index contributed by atoms with van der Waals surface area (Å²) in [5.74, 6) is -0.437. The lowest BCUT2D eigenvalue weighted by molar-refractivity contribution is -0.131. The highest BCUT2D eigenvalue weighted by Gasteiger charge is 2.00. The Kier molecular flexibility index (Phi) is 4.54. The maximum absolute atomic E-state index is 10.0. The molecule has 0 aliphatic carbocycles. The summed E-state index contributed by atoms with van der Waals surface area (Å²) < 4.78 is 0. The van der Waals surface area contributed by atoms with Crippen LogP contribution in [-0.2, 0) is 4.79 Å². The number of hydrogen-bond donors (Lipinski definition) is 2. The normalized spacial score (nSPS) is 14.2. The molecular weight excluding hydrogens is 142 g/mol. The largest absolute Gasteiger partial charge is 0.478 e. The van der Waals surface area contributed by atoms with Gasteiger partial charge in [-0.25, -0.2) is 4.79 Å². The van der Waals surface area contributed by atoms with Crippen LogP contribution in [0.1, 0.15) is 20.3 Å². The topological polar surface area (TPSA) is 63.3 Å². The van der Waals surface area contributed by atoms with Crippen molar-refractivity contribution in [2.45, 2.75) is 26.3 Å². The Morgan fingerprint density at radius 3 is 2.55 bits per heavy atom. The van der Waals surface area contributed by atoms with Gasteiger partial charge < -0.3 is 10.8 Å². The van der Waals surface area contributed by atoms with Crippen molar-refractivity contribution < 1.29 is 9.90 Å². The molecule has 0 radical (unpaired) electrons. The standard InChI is InChI=1S/C8H15NO2/c1-6(2)5-7(9)3-4-8(10)11/h3-4,6-7H,5,9H2,1-2H3,(H,10,11)/b4-3+. The minimum atomic E-state index is -0.941. The van der Waals surface area contributed by atoms with E-state index in [-0.39, 0.29) is 6.04 Å². The van der Waals surface area contributed by atoms with Gasteiger partial charge in [0.1, 0.15) is 0 Å². The molecular formula is C8H15NO2. The summed E-state index contributed by atoms with van der Waals surface area (Å²) in [6.45, 7) is 4.10. The van der Waals surface area contributed by atoms with Crippen molar-refractivity contribution in [2.24, 2.45) is 11.7 Å². The number of aliphatic carboxylic acids is 1. The Morgan fingerprint density at radius 1 is 1.64 bits per heavy atom. The fourth-order valence-electron chi connectivity index (χ4n) is 0.829. The van der Waals surface area contributed by atoms with Crippen molar-refractivity contribution in [2.75, 3.05) is 0 Å². The number of rotatable bonds is 4. The Morgan fingerprint density at radius 2 is 2.18 bits per heavy atom. The molecule has 0 bridgehead atoms. The zero-order chi connectivity index (χ0) is 8.85. The second kappa shape index (κ2) is 4.91. The molecule has 0 aromatic heterocycles. The minimum Gasteiger partial charge on any atom is -0.478 e. The highest BCUT2D eigenvalue weighted by atomic mass is 16.4. The zero-order valence-corrected chi connectivity index (χ0v) is 6.95. The van der Waals surface area contributed by atoms with Crippen LogP contribution in [0.25, 0.3) is 0 Å². The average Bonchev–Trinajstić information content (AvgIpc) is 1.82. The van der Waals surface area contributed by atoms with Gasteiger partial charge in [-0.1, -0.05) is 19.9 Å². The van der Waals surface area contributed by atoms with Crippen LogP contribution in [0.5, 0.6) is 0 Å². The lowest BCUT2D eigenvalue weighted by Gasteiger charge is -2.07. The molecule has 0 saturated heterocycles. The van der Waals surface area contributed by atoms with Crippen molar-refractivity contribution in [3.63, 3.8) is 0 Å². The highest BCUT2D eigenvalue weighted by Crippen LogP contribution is 2.02. The SMILES string of the molecule is CC(C)CC(N)/C=C/C(=O)O. The molecule has 0 saturated carbocycles. The molecule has 0 rings (SSSR count). The van der Waals surface area contributed by atoms with Gasteiger partial charge in [-0.3, -0.25) is 0 Å². The molecule has 0 aromatic carbocycles. The van der Waals surface area contributed by atoms with Gasteiger partial charge in [-0.2, -0.15) is 0 Å². The summed E-state index contributed by atoms with van der Waals surface area (Å²) in [7, 11) is 0. The number of nitrogens with two attached hydrogens (primary N) is 1. The van der Waals surface area contributed by atoms with E-state index < -0.39 is 5.97 Å². The van der Waals surface area contributed by atoms with E-state index in [1.165, 1.54) is 6.08 Å². The van der Waals surface area contributed by atoms with Gasteiger partial charge in [0.25, 0.3) is 0 Å². The first-order chi connectivity index (χ1) is 5.02. The molecule has 3 nitrogen and oxygen atoms in total. The van der Waals surface area contributed by atoms with Gasteiger partial charge in [0, 0.05) is 12.1 Å². The van der Waals surface area contributed by atoms with Crippen LogP contribution in [0.15, 0.2) is 12.2 Å². The van der Waals surface area contributed by atoms with Crippen LogP contribution in [0.3, 0.4) is 0 Å². The third kappa shape index (κ3) is 7.06. The molecule has 64 valence electrons. The number of carboxylic acids is 1. The molecule has 0 aromatic rings. The Hall–Kier alpha value is -0.830. The molecule has 11 heavy (non-hydrogen) atoms. The first-order valence-corrected chi connectivity index (χ1v) is 3.69. The fraction of sp³-hybridized carbons (Fsp3) is 0.625. The molecule has 3 N–H and O–H groups in total. The predicted octanol–water partition coefficient (Wildman–Crippen LogP) is 1.00. The second-order valence-corrected chi connectivity index (χ2v) is 2.99. The van der Waals surface area contributed by atoms with Crippen LogP contribution in [0, 0.1) is 5.92 Å². The first kappa shape index (κ1) is 10.2. The van der Waals surface area contributed by atoms with Crippen molar-refractivity contribution in [3.8, 4) is 0 Å². The summed E-state index contributed by atoms with van der Waals surface area (Å²) >= 11 is 0. The fourth-order valence-corrected chi connectivity index (χ4v) is 0.829. The highest BCUT2D eigenvalue weighted by molar-refractivity contribution is 5.79. The maximum Gasteiger partial charge on any atom is 0.328 e. The van der Waals surface area contributed by atoms with Crippen molar-refractivity contribution in [3.05, 3.63) is 12.2 Å². The summed E-state index contributed by atoms with van der Waals surface area (Å²) in [6.07, 6.45) is 3.43. The first-order valence-electron chi connectivity index (χ1n) is 3.69. The molecule has 0 aliphatic heterocycles. The lowest BCUT2D eigenvalue weighted by atomic mass is 10.0. The van der Waals surface area contributed by atoms with E-state index in [9.17, 15) is 4.79 Å². The monoisotopic (exact) mass is 157 g/mol. The summed E-state index contributed by atoms with van der Waals surface area (Å²) in [5.41, 5.74) is 5.57. The molecule has 0 heterocycles. The van der Waals surface area contributed by atoms with Crippen LogP contribution in [0.4, 0.5) is 0 Å². The van der Waals surface area contributed by atoms with E-state index >= 15 is 0 Å². The Balaban J connectivity index is 3.68. The van der Waals surface area contributed by atoms with E-state index in [1.807, 2.05) is 0 Å². The zero-order valence-electron chi connectivity index (χ0n) is 6.95. The van der Waals surface area contributed by atoms with Gasteiger partial charge in [-0.15, -0.1) is 0 Å². The Bertz CT molecular complexity index is 152. The molecule has 0 spiro atoms. The third-order valence-corrected chi connectivity index (χ3v) is 1.23. The van der Waals surface area contributed by atoms with E-state index in [1.54, 1.807) is 0 Å². The van der Waals surface area contributed by atoms with Gasteiger partial charge in [0.2, 0.25) is 0 Å². The quantitative estimate of drug-likeness (QED) is 0.598. The van der Waals surface area contributed by atoms with Crippen LogP contribution in [0.2, 0.25) is 0 Å². The number of hydrogen-bond acceptors (Lipinski definition) is 2. The van der Waals surface area contributed by atoms with Gasteiger partial charge >= 0.3 is 5.97 Å². The number of carbonyl (C=O) groups is 1. The Labute approximate surface area is 66.9 Å². The maximum atomic E-state index is 10.0. The summed E-state index contributed by atoms with van der Waals surface area (Å²) in [6, 6.07) is -0.133. The summed E-state index contributed by atoms with van der Waals surface area (Å²) in [4.78, 5) is 10.0. The van der Waals surface area contributed by atoms with E-state index in [4.69, 9.17) is 10.8 Å². The minimum absolute atomic E-state index is 0.133. The molecule has 1 atom stereocenters. The van der Waals surface area contributed by atoms with Crippen molar-refractivity contribution >= 4 is 5.97 Å². The molecule has 1 unspecified atom stereocenters. The second-order valence-electron chi connectivity index (χ2n) is 2.99. The van der Waals surface area contributed by atoms with Gasteiger partial charge in [0.15, 0.2) is 0 Å². The van der Waals surface area contributed by atoms with Crippen LogP contribution >= 0.6 is 0 Å². The van der Waals surface area contributed by atoms with Crippen LogP contribution in [-0.4, -0.2) is 17.1 Å². The van der Waals surface area contributed by atoms with Gasteiger partial charge in [-0.05, 0) is 12.3 Å². The van der Waals surface area contributed by atoms with E-state index in [0.717, 1.165) is 12.5 Å². The molecule has 0 aliphatic rings. The van der Waals surface area contributed by atoms with Gasteiger partial charge in [0.05, 0.1) is 0 Å². The molecule has 0 amide bonds. The number of carboxylic acid groups (broad SMARTS) is 1. The van der Waals surface area contributed by atoms with Crippen molar-refractivity contribution in [1.29, 1.82) is 0 Å². The summed E-state index contributed by atoms with van der Waals surface area (Å²) in [5, 5.41) is 8.25. The lowest BCUT2D eigenvalue weighted by Crippen LogP contribution is -2.19. The molecule has 0 fully saturated rings. The smallest absolute Gasteiger partial charge is 0.328 e. The average molecular weight is 157 g/mol. The van der Waals surface area contributed by atoms with E-state index in [2.05, 4.69) is 13.8 Å². The van der Waals surface area contributed by atoms with Crippen LogP contribution < -0.4 is 5.73 Å². The van der Waals surface area contributed by atoms with E-state index in [0.29, 0.717) is 5.92 Å². The van der Waals surface area contributed by atoms with Crippen molar-refractivity contribution in [1.82, 2.24) is 0 Å². The third-order valence-electron chi connectivity index (χ3n) is 1.23. The predicted molar refractivity (Wildman–Crippen MR) is 44.2 cm³/mol.